The van der Waals surface area contributed by atoms with Crippen LogP contribution in [0.2, 0.25) is 0 Å². The van der Waals surface area contributed by atoms with Crippen LogP contribution in [-0.4, -0.2) is 29.6 Å². The third-order valence-electron chi connectivity index (χ3n) is 5.28. The van der Waals surface area contributed by atoms with Crippen LogP contribution in [0.15, 0.2) is 0 Å². The third-order valence-corrected chi connectivity index (χ3v) is 10.4. The van der Waals surface area contributed by atoms with Crippen LogP contribution in [0.1, 0.15) is 97.8 Å². The minimum atomic E-state index is -1.12. The number of hydrogen-bond acceptors (Lipinski definition) is 1. The van der Waals surface area contributed by atoms with Crippen molar-refractivity contribution in [2.45, 2.75) is 97.8 Å². The zero-order valence-corrected chi connectivity index (χ0v) is 16.4. The molecule has 22 heavy (non-hydrogen) atoms. The van der Waals surface area contributed by atoms with Crippen LogP contribution in [0.25, 0.3) is 0 Å². The van der Waals surface area contributed by atoms with E-state index in [0.717, 1.165) is 19.3 Å². The Morgan fingerprint density at radius 3 is 1.50 bits per heavy atom. The Kier molecular flexibility index (Phi) is 10.5. The van der Waals surface area contributed by atoms with Gasteiger partial charge in [-0.3, -0.25) is 4.79 Å². The van der Waals surface area contributed by atoms with Crippen LogP contribution in [0.3, 0.4) is 0 Å². The maximum Gasteiger partial charge on any atom is 0.158 e. The molecule has 0 N–H and O–H groups in total. The van der Waals surface area contributed by atoms with Gasteiger partial charge in [-0.15, -0.1) is 0 Å². The lowest BCUT2D eigenvalue weighted by Gasteiger charge is -2.30. The third kappa shape index (κ3) is 6.23. The summed E-state index contributed by atoms with van der Waals surface area (Å²) in [5.41, 5.74) is 0. The Bertz CT molecular complexity index is 337. The first kappa shape index (κ1) is 20.0. The highest BCUT2D eigenvalue weighted by Crippen LogP contribution is 2.54. The van der Waals surface area contributed by atoms with E-state index < -0.39 is 6.89 Å². The Hall–Kier alpha value is -0.0300. The van der Waals surface area contributed by atoms with Gasteiger partial charge in [0.05, 0.1) is 0 Å². The zero-order chi connectivity index (χ0) is 16.3. The number of carbonyl (C=O) groups excluding carboxylic acids is 1. The first-order valence-electron chi connectivity index (χ1n) is 9.95. The van der Waals surface area contributed by atoms with Gasteiger partial charge < -0.3 is 0 Å². The molecule has 0 atom stereocenters. The predicted octanol–water partition coefficient (Wildman–Crippen LogP) is 6.50. The highest BCUT2D eigenvalue weighted by molar-refractivity contribution is 7.77. The van der Waals surface area contributed by atoms with Crippen molar-refractivity contribution >= 4 is 18.0 Å². The van der Waals surface area contributed by atoms with Crippen LogP contribution in [0.4, 0.5) is 0 Å². The number of rotatable bonds is 12. The number of Topliss-reactive ketones (excluding diaryl/α,β-unsaturated/α-hetero) is 1. The van der Waals surface area contributed by atoms with Gasteiger partial charge in [0, 0.05) is 6.42 Å². The van der Waals surface area contributed by atoms with Gasteiger partial charge in [0.25, 0.3) is 0 Å². The Labute approximate surface area is 139 Å². The molecule has 0 unspecified atom stereocenters. The van der Waals surface area contributed by atoms with Gasteiger partial charge in [0.15, 0.2) is 5.78 Å². The lowest BCUT2D eigenvalue weighted by atomic mass is 10.3. The van der Waals surface area contributed by atoms with Gasteiger partial charge in [-0.05, 0) is 55.9 Å². The van der Waals surface area contributed by atoms with Gasteiger partial charge in [-0.2, -0.15) is 0 Å². The molecular weight excluding hydrogens is 287 g/mol. The van der Waals surface area contributed by atoms with Crippen LogP contribution in [0.5, 0.6) is 0 Å². The fourth-order valence-electron chi connectivity index (χ4n) is 3.94. The lowest BCUT2D eigenvalue weighted by Crippen LogP contribution is -2.15. The summed E-state index contributed by atoms with van der Waals surface area (Å²) in [5, 5.41) is 1.47. The minimum absolute atomic E-state index is 0.567. The minimum Gasteiger partial charge on any atom is -0.295 e. The molecule has 2 heteroatoms. The van der Waals surface area contributed by atoms with E-state index in [0.29, 0.717) is 5.78 Å². The maximum atomic E-state index is 12.5. The van der Waals surface area contributed by atoms with Crippen LogP contribution >= 0.6 is 6.89 Å². The molecule has 0 spiro atoms. The topological polar surface area (TPSA) is 17.1 Å². The number of carbonyl (C=O) groups is 1. The molecule has 1 aliphatic rings. The summed E-state index contributed by atoms with van der Waals surface area (Å²) in [6.07, 6.45) is 19.3. The molecule has 0 aromatic carbocycles. The number of hydrogen-bond donors (Lipinski definition) is 0. The molecule has 0 amide bonds. The summed E-state index contributed by atoms with van der Waals surface area (Å²) in [4.78, 5) is 12.5. The number of ketones is 1. The highest BCUT2D eigenvalue weighted by Gasteiger charge is 2.29. The molecule has 0 radical (unpaired) electrons. The number of unbranched alkanes of at least 4 members (excludes halogenated alkanes) is 6. The SMILES string of the molecule is CCCCCP(CCCCC)(CCCCC)=C1CCCC1=O. The molecule has 0 aromatic rings. The summed E-state index contributed by atoms with van der Waals surface area (Å²) >= 11 is 0. The van der Waals surface area contributed by atoms with Crippen molar-refractivity contribution in [2.24, 2.45) is 0 Å². The molecule has 1 aliphatic carbocycles. The van der Waals surface area contributed by atoms with Crippen LogP contribution in [-0.2, 0) is 4.79 Å². The molecular formula is C20H39OP. The Balaban J connectivity index is 2.96. The molecule has 1 fully saturated rings. The van der Waals surface area contributed by atoms with Crippen molar-refractivity contribution in [2.75, 3.05) is 18.5 Å². The van der Waals surface area contributed by atoms with E-state index in [1.54, 1.807) is 0 Å². The Morgan fingerprint density at radius 1 is 0.727 bits per heavy atom. The van der Waals surface area contributed by atoms with E-state index in [1.807, 2.05) is 0 Å². The standard InChI is InChI=1S/C20H39OP/c1-4-7-10-16-22(17-11-8-5-2,18-12-9-6-3)20-15-13-14-19(20)21/h4-18H2,1-3H3. The molecule has 0 saturated heterocycles. The van der Waals surface area contributed by atoms with Gasteiger partial charge in [0.2, 0.25) is 0 Å². The van der Waals surface area contributed by atoms with Gasteiger partial charge >= 0.3 is 0 Å². The van der Waals surface area contributed by atoms with Crippen LogP contribution in [0, 0.1) is 0 Å². The fourth-order valence-corrected chi connectivity index (χ4v) is 9.18. The Morgan fingerprint density at radius 2 is 1.18 bits per heavy atom. The van der Waals surface area contributed by atoms with Crippen molar-refractivity contribution in [1.82, 2.24) is 0 Å². The molecule has 0 aliphatic heterocycles. The van der Waals surface area contributed by atoms with Crippen molar-refractivity contribution in [1.29, 1.82) is 0 Å². The molecule has 1 nitrogen and oxygen atoms in total. The first-order valence-corrected chi connectivity index (χ1v) is 12.3. The van der Waals surface area contributed by atoms with Gasteiger partial charge in [-0.25, -0.2) is 0 Å². The average molecular weight is 327 g/mol. The average Bonchev–Trinajstić information content (AvgIpc) is 2.94. The largest absolute Gasteiger partial charge is 0.295 e. The normalized spacial score (nSPS) is 15.8. The smallest absolute Gasteiger partial charge is 0.158 e. The second-order valence-electron chi connectivity index (χ2n) is 7.16. The second-order valence-corrected chi connectivity index (χ2v) is 11.3. The predicted molar refractivity (Wildman–Crippen MR) is 104 cm³/mol. The first-order chi connectivity index (χ1) is 10.7. The van der Waals surface area contributed by atoms with E-state index in [9.17, 15) is 4.79 Å². The van der Waals surface area contributed by atoms with Gasteiger partial charge in [0.1, 0.15) is 0 Å². The zero-order valence-electron chi connectivity index (χ0n) is 15.5. The highest BCUT2D eigenvalue weighted by atomic mass is 31.2. The van der Waals surface area contributed by atoms with Crippen molar-refractivity contribution in [3.63, 3.8) is 0 Å². The second kappa shape index (κ2) is 11.5. The summed E-state index contributed by atoms with van der Waals surface area (Å²) in [5.74, 6) is 0.567. The molecule has 0 aromatic heterocycles. The molecule has 1 saturated carbocycles. The quantitative estimate of drug-likeness (QED) is 0.295. The summed E-state index contributed by atoms with van der Waals surface area (Å²) in [6, 6.07) is 0. The summed E-state index contributed by atoms with van der Waals surface area (Å²) < 4.78 is 0. The van der Waals surface area contributed by atoms with Crippen molar-refractivity contribution < 1.29 is 4.79 Å². The van der Waals surface area contributed by atoms with E-state index in [2.05, 4.69) is 20.8 Å². The summed E-state index contributed by atoms with van der Waals surface area (Å²) in [7, 11) is 0. The molecule has 0 bridgehead atoms. The van der Waals surface area contributed by atoms with Crippen molar-refractivity contribution in [3.8, 4) is 0 Å². The van der Waals surface area contributed by atoms with E-state index in [-0.39, 0.29) is 0 Å². The van der Waals surface area contributed by atoms with Crippen LogP contribution < -0.4 is 0 Å². The fraction of sp³-hybridized carbons (Fsp3) is 0.900. The van der Waals surface area contributed by atoms with Gasteiger partial charge in [-0.1, -0.05) is 66.2 Å². The molecule has 130 valence electrons. The summed E-state index contributed by atoms with van der Waals surface area (Å²) in [6.45, 7) is 5.76. The maximum absolute atomic E-state index is 12.5. The van der Waals surface area contributed by atoms with Crippen molar-refractivity contribution in [3.05, 3.63) is 0 Å². The monoisotopic (exact) mass is 326 g/mol. The van der Waals surface area contributed by atoms with E-state index in [1.165, 1.54) is 81.6 Å². The molecule has 1 rings (SSSR count). The van der Waals surface area contributed by atoms with E-state index >= 15 is 0 Å². The lowest BCUT2D eigenvalue weighted by molar-refractivity contribution is -0.112. The molecule has 0 heterocycles. The van der Waals surface area contributed by atoms with E-state index in [4.69, 9.17) is 0 Å².